The number of allylic oxidation sites excluding steroid dienone is 1. The minimum absolute atomic E-state index is 0. The van der Waals surface area contributed by atoms with E-state index in [4.69, 9.17) is 0 Å². The number of nitrogens with zero attached hydrogens (tertiary/aromatic N) is 3. The first-order chi connectivity index (χ1) is 10.5. The number of hydrogen-bond acceptors (Lipinski definition) is 4. The van der Waals surface area contributed by atoms with E-state index in [2.05, 4.69) is 33.6 Å². The SMILES string of the molecule is C=CCCCN(C)C(=NCCN1CCS(=O)(=O)CC1)NCC.I. The number of unbranched alkanes of at least 4 members (excludes halogenated alkanes) is 1. The van der Waals surface area contributed by atoms with E-state index in [1.165, 1.54) is 0 Å². The van der Waals surface area contributed by atoms with Gasteiger partial charge in [0.05, 0.1) is 18.1 Å². The second kappa shape index (κ2) is 12.1. The second-order valence-electron chi connectivity index (χ2n) is 5.58. The molecule has 0 aromatic heterocycles. The maximum atomic E-state index is 11.4. The first-order valence-corrected chi connectivity index (χ1v) is 9.83. The van der Waals surface area contributed by atoms with Crippen molar-refractivity contribution in [3.05, 3.63) is 12.7 Å². The van der Waals surface area contributed by atoms with E-state index in [0.29, 0.717) is 19.6 Å². The highest BCUT2D eigenvalue weighted by Crippen LogP contribution is 2.03. The molecule has 1 aliphatic rings. The van der Waals surface area contributed by atoms with Crippen molar-refractivity contribution in [2.45, 2.75) is 19.8 Å². The van der Waals surface area contributed by atoms with Crippen molar-refractivity contribution >= 4 is 39.8 Å². The number of guanidine groups is 1. The fraction of sp³-hybridized carbons (Fsp3) is 0.800. The molecule has 0 bridgehead atoms. The van der Waals surface area contributed by atoms with Crippen LogP contribution in [0.2, 0.25) is 0 Å². The molecule has 1 aliphatic heterocycles. The van der Waals surface area contributed by atoms with Gasteiger partial charge in [-0.2, -0.15) is 0 Å². The van der Waals surface area contributed by atoms with Crippen molar-refractivity contribution in [3.63, 3.8) is 0 Å². The van der Waals surface area contributed by atoms with Crippen molar-refractivity contribution in [1.29, 1.82) is 0 Å². The van der Waals surface area contributed by atoms with Gasteiger partial charge in [-0.3, -0.25) is 9.89 Å². The molecule has 23 heavy (non-hydrogen) atoms. The normalized spacial score (nSPS) is 18.1. The topological polar surface area (TPSA) is 65.0 Å². The molecule has 0 aromatic rings. The molecule has 1 fully saturated rings. The Balaban J connectivity index is 0.00000484. The first kappa shape index (κ1) is 22.6. The van der Waals surface area contributed by atoms with Gasteiger partial charge in [-0.25, -0.2) is 8.42 Å². The van der Waals surface area contributed by atoms with Gasteiger partial charge in [0.2, 0.25) is 0 Å². The van der Waals surface area contributed by atoms with E-state index in [0.717, 1.165) is 38.4 Å². The van der Waals surface area contributed by atoms with Crippen LogP contribution < -0.4 is 5.32 Å². The van der Waals surface area contributed by atoms with Crippen LogP contribution in [0.4, 0.5) is 0 Å². The summed E-state index contributed by atoms with van der Waals surface area (Å²) in [6.07, 6.45) is 4.00. The van der Waals surface area contributed by atoms with Crippen molar-refractivity contribution in [2.75, 3.05) is 57.8 Å². The number of sulfone groups is 1. The van der Waals surface area contributed by atoms with Gasteiger partial charge in [-0.1, -0.05) is 6.08 Å². The minimum Gasteiger partial charge on any atom is -0.357 e. The molecule has 1 heterocycles. The monoisotopic (exact) mass is 458 g/mol. The van der Waals surface area contributed by atoms with Crippen molar-refractivity contribution < 1.29 is 8.42 Å². The zero-order chi connectivity index (χ0) is 16.4. The predicted octanol–water partition coefficient (Wildman–Crippen LogP) is 1.20. The zero-order valence-electron chi connectivity index (χ0n) is 14.3. The average molecular weight is 458 g/mol. The summed E-state index contributed by atoms with van der Waals surface area (Å²) in [7, 11) is -0.758. The Hall–Kier alpha value is -0.350. The minimum atomic E-state index is -2.80. The molecule has 1 saturated heterocycles. The average Bonchev–Trinajstić information content (AvgIpc) is 2.48. The molecular formula is C15H31IN4O2S. The van der Waals surface area contributed by atoms with E-state index in [1.807, 2.05) is 13.1 Å². The van der Waals surface area contributed by atoms with Gasteiger partial charge < -0.3 is 10.2 Å². The van der Waals surface area contributed by atoms with Gasteiger partial charge in [0.1, 0.15) is 0 Å². The van der Waals surface area contributed by atoms with Crippen LogP contribution in [0.25, 0.3) is 0 Å². The third kappa shape index (κ3) is 9.51. The number of halogens is 1. The largest absolute Gasteiger partial charge is 0.357 e. The maximum Gasteiger partial charge on any atom is 0.193 e. The molecule has 0 aliphatic carbocycles. The smallest absolute Gasteiger partial charge is 0.193 e. The molecule has 0 aromatic carbocycles. The molecule has 0 radical (unpaired) electrons. The summed E-state index contributed by atoms with van der Waals surface area (Å²) in [5.74, 6) is 1.47. The third-order valence-electron chi connectivity index (χ3n) is 3.71. The van der Waals surface area contributed by atoms with Gasteiger partial charge in [0.25, 0.3) is 0 Å². The molecule has 136 valence electrons. The fourth-order valence-corrected chi connectivity index (χ4v) is 3.60. The van der Waals surface area contributed by atoms with Crippen LogP contribution in [0, 0.1) is 0 Å². The van der Waals surface area contributed by atoms with Crippen molar-refractivity contribution in [2.24, 2.45) is 4.99 Å². The highest BCUT2D eigenvalue weighted by molar-refractivity contribution is 14.0. The van der Waals surface area contributed by atoms with E-state index < -0.39 is 9.84 Å². The van der Waals surface area contributed by atoms with Gasteiger partial charge in [0.15, 0.2) is 15.8 Å². The molecule has 6 nitrogen and oxygen atoms in total. The lowest BCUT2D eigenvalue weighted by atomic mass is 10.3. The predicted molar refractivity (Wildman–Crippen MR) is 109 cm³/mol. The summed E-state index contributed by atoms with van der Waals surface area (Å²) in [5.41, 5.74) is 0. The van der Waals surface area contributed by atoms with E-state index >= 15 is 0 Å². The molecule has 0 spiro atoms. The molecule has 0 saturated carbocycles. The third-order valence-corrected chi connectivity index (χ3v) is 5.32. The van der Waals surface area contributed by atoms with Crippen LogP contribution in [-0.4, -0.2) is 82.0 Å². The lowest BCUT2D eigenvalue weighted by Gasteiger charge is -2.26. The van der Waals surface area contributed by atoms with Crippen molar-refractivity contribution in [1.82, 2.24) is 15.1 Å². The van der Waals surface area contributed by atoms with Crippen LogP contribution in [0.5, 0.6) is 0 Å². The van der Waals surface area contributed by atoms with Crippen LogP contribution in [0.1, 0.15) is 19.8 Å². The summed E-state index contributed by atoms with van der Waals surface area (Å²) < 4.78 is 22.8. The number of rotatable bonds is 8. The molecule has 1 N–H and O–H groups in total. The van der Waals surface area contributed by atoms with Crippen LogP contribution in [0.3, 0.4) is 0 Å². The summed E-state index contributed by atoms with van der Waals surface area (Å²) in [6, 6.07) is 0. The fourth-order valence-electron chi connectivity index (χ4n) is 2.32. The highest BCUT2D eigenvalue weighted by atomic mass is 127. The van der Waals surface area contributed by atoms with Gasteiger partial charge in [-0.05, 0) is 19.8 Å². The summed E-state index contributed by atoms with van der Waals surface area (Å²) >= 11 is 0. The van der Waals surface area contributed by atoms with Crippen LogP contribution >= 0.6 is 24.0 Å². The maximum absolute atomic E-state index is 11.4. The Labute approximate surface area is 158 Å². The van der Waals surface area contributed by atoms with Gasteiger partial charge >= 0.3 is 0 Å². The zero-order valence-corrected chi connectivity index (χ0v) is 17.5. The quantitative estimate of drug-likeness (QED) is 0.195. The summed E-state index contributed by atoms with van der Waals surface area (Å²) in [4.78, 5) is 8.94. The van der Waals surface area contributed by atoms with Crippen LogP contribution in [-0.2, 0) is 9.84 Å². The van der Waals surface area contributed by atoms with Crippen molar-refractivity contribution in [3.8, 4) is 0 Å². The number of hydrogen-bond donors (Lipinski definition) is 1. The molecule has 8 heteroatoms. The molecule has 0 amide bonds. The highest BCUT2D eigenvalue weighted by Gasteiger charge is 2.20. The molecular weight excluding hydrogens is 427 g/mol. The standard InChI is InChI=1S/C15H30N4O2S.HI/c1-4-6-7-9-18(3)15(16-5-2)17-8-10-19-11-13-22(20,21)14-12-19;/h4H,1,5-14H2,2-3H3,(H,16,17);1H. The lowest BCUT2D eigenvalue weighted by Crippen LogP contribution is -2.42. The summed E-state index contributed by atoms with van der Waals surface area (Å²) in [6.45, 7) is 10.3. The van der Waals surface area contributed by atoms with E-state index in [9.17, 15) is 8.42 Å². The number of aliphatic imine (C=N–C) groups is 1. The Kier molecular flexibility index (Phi) is 11.9. The number of nitrogens with one attached hydrogen (secondary N) is 1. The Morgan fingerprint density at radius 3 is 2.61 bits per heavy atom. The molecule has 0 atom stereocenters. The lowest BCUT2D eigenvalue weighted by molar-refractivity contribution is 0.303. The second-order valence-corrected chi connectivity index (χ2v) is 7.89. The summed E-state index contributed by atoms with van der Waals surface area (Å²) in [5, 5.41) is 3.30. The molecule has 1 rings (SSSR count). The van der Waals surface area contributed by atoms with E-state index in [1.54, 1.807) is 0 Å². The first-order valence-electron chi connectivity index (χ1n) is 8.01. The van der Waals surface area contributed by atoms with Crippen LogP contribution in [0.15, 0.2) is 17.6 Å². The van der Waals surface area contributed by atoms with Gasteiger partial charge in [0, 0.05) is 39.8 Å². The Bertz CT molecular complexity index is 454. The Morgan fingerprint density at radius 2 is 2.04 bits per heavy atom. The Morgan fingerprint density at radius 1 is 1.39 bits per heavy atom. The molecule has 0 unspecified atom stereocenters. The van der Waals surface area contributed by atoms with E-state index in [-0.39, 0.29) is 35.5 Å². The van der Waals surface area contributed by atoms with Gasteiger partial charge in [-0.15, -0.1) is 30.6 Å².